The number of carbonyl (C=O) groups excluding carboxylic acids is 1. The fourth-order valence-corrected chi connectivity index (χ4v) is 3.30. The molecule has 0 heterocycles. The molecule has 2 rings (SSSR count). The number of ketones is 1. The Hall–Kier alpha value is -0.750. The normalized spacial score (nSPS) is 27.6. The lowest BCUT2D eigenvalue weighted by atomic mass is 9.75. The largest absolute Gasteiger partial charge is 0.470 e. The molecule has 1 aromatic carbocycles. The van der Waals surface area contributed by atoms with E-state index in [0.29, 0.717) is 23.4 Å². The van der Waals surface area contributed by atoms with Crippen LogP contribution < -0.4 is 5.73 Å². The van der Waals surface area contributed by atoms with E-state index in [4.69, 9.17) is 27.1 Å². The van der Waals surface area contributed by atoms with Gasteiger partial charge in [0.2, 0.25) is 0 Å². The van der Waals surface area contributed by atoms with Crippen molar-refractivity contribution in [2.75, 3.05) is 0 Å². The molecule has 4 N–H and O–H groups in total. The Morgan fingerprint density at radius 1 is 1.40 bits per heavy atom. The summed E-state index contributed by atoms with van der Waals surface area (Å²) in [5, 5.41) is 0.347. The number of Topliss-reactive ketones (excluding diaryl/α,β-unsaturated/α-hetero) is 1. The Balaban J connectivity index is 2.34. The van der Waals surface area contributed by atoms with Gasteiger partial charge < -0.3 is 15.5 Å². The lowest BCUT2D eigenvalue weighted by Gasteiger charge is -2.36. The van der Waals surface area contributed by atoms with Crippen LogP contribution in [-0.2, 0) is 19.4 Å². The highest BCUT2D eigenvalue weighted by molar-refractivity contribution is 7.46. The number of carbonyl (C=O) groups is 1. The molecule has 0 unspecified atom stereocenters. The Bertz CT molecular complexity index is 575. The first kappa shape index (κ1) is 15.6. The predicted octanol–water partition coefficient (Wildman–Crippen LogP) is 1.72. The predicted molar refractivity (Wildman–Crippen MR) is 73.1 cm³/mol. The Labute approximate surface area is 121 Å². The summed E-state index contributed by atoms with van der Waals surface area (Å²) in [4.78, 5) is 30.1. The van der Waals surface area contributed by atoms with Crippen molar-refractivity contribution in [3.63, 3.8) is 0 Å². The SMILES string of the molecule is N[C@]1(c2ccccc2Cl)CCC[C@@H](OP(=O)(O)O)C1=O. The van der Waals surface area contributed by atoms with Gasteiger partial charge in [-0.15, -0.1) is 0 Å². The lowest BCUT2D eigenvalue weighted by Crippen LogP contribution is -2.53. The molecular weight excluding hydrogens is 305 g/mol. The van der Waals surface area contributed by atoms with Gasteiger partial charge in [-0.25, -0.2) is 4.57 Å². The number of hydrogen-bond acceptors (Lipinski definition) is 4. The molecular formula is C12H15ClNO5P. The number of benzene rings is 1. The highest BCUT2D eigenvalue weighted by Gasteiger charge is 2.46. The third-order valence-corrected chi connectivity index (χ3v) is 4.25. The van der Waals surface area contributed by atoms with E-state index in [1.807, 2.05) is 0 Å². The molecule has 0 radical (unpaired) electrons. The number of hydrogen-bond donors (Lipinski definition) is 3. The smallest absolute Gasteiger partial charge is 0.315 e. The number of phosphoric acid groups is 1. The summed E-state index contributed by atoms with van der Waals surface area (Å²) in [5.74, 6) is -0.555. The molecule has 20 heavy (non-hydrogen) atoms. The first-order valence-corrected chi connectivity index (χ1v) is 7.97. The lowest BCUT2D eigenvalue weighted by molar-refractivity contribution is -0.135. The Morgan fingerprint density at radius 3 is 2.65 bits per heavy atom. The molecule has 8 heteroatoms. The summed E-state index contributed by atoms with van der Waals surface area (Å²) < 4.78 is 15.5. The molecule has 6 nitrogen and oxygen atoms in total. The van der Waals surface area contributed by atoms with Crippen molar-refractivity contribution >= 4 is 25.2 Å². The zero-order valence-electron chi connectivity index (χ0n) is 10.5. The van der Waals surface area contributed by atoms with Crippen LogP contribution in [0.5, 0.6) is 0 Å². The number of rotatable bonds is 3. The molecule has 1 aromatic rings. The van der Waals surface area contributed by atoms with Crippen molar-refractivity contribution in [3.05, 3.63) is 34.9 Å². The number of phosphoric ester groups is 1. The fraction of sp³-hybridized carbons (Fsp3) is 0.417. The maximum absolute atomic E-state index is 12.4. The third kappa shape index (κ3) is 3.11. The van der Waals surface area contributed by atoms with Crippen LogP contribution in [0.15, 0.2) is 24.3 Å². The zero-order chi connectivity index (χ0) is 15.0. The van der Waals surface area contributed by atoms with Crippen LogP contribution in [0.2, 0.25) is 5.02 Å². The maximum Gasteiger partial charge on any atom is 0.470 e. The van der Waals surface area contributed by atoms with Gasteiger partial charge in [0, 0.05) is 5.02 Å². The van der Waals surface area contributed by atoms with E-state index in [0.717, 1.165) is 0 Å². The first-order valence-electron chi connectivity index (χ1n) is 6.06. The van der Waals surface area contributed by atoms with Gasteiger partial charge >= 0.3 is 7.82 Å². The highest BCUT2D eigenvalue weighted by atomic mass is 35.5. The summed E-state index contributed by atoms with van der Waals surface area (Å²) in [6.07, 6.45) is -0.118. The quantitative estimate of drug-likeness (QED) is 0.732. The van der Waals surface area contributed by atoms with Crippen molar-refractivity contribution in [2.45, 2.75) is 30.9 Å². The van der Waals surface area contributed by atoms with Crippen LogP contribution in [0.1, 0.15) is 24.8 Å². The molecule has 0 bridgehead atoms. The molecule has 1 fully saturated rings. The average molecular weight is 320 g/mol. The van der Waals surface area contributed by atoms with Crippen molar-refractivity contribution in [3.8, 4) is 0 Å². The Kier molecular flexibility index (Phi) is 4.35. The molecule has 0 aromatic heterocycles. The summed E-state index contributed by atoms with van der Waals surface area (Å²) in [6, 6.07) is 6.68. The summed E-state index contributed by atoms with van der Waals surface area (Å²) >= 11 is 6.07. The van der Waals surface area contributed by atoms with E-state index in [9.17, 15) is 9.36 Å². The van der Waals surface area contributed by atoms with Crippen molar-refractivity contribution < 1.29 is 23.7 Å². The molecule has 1 aliphatic carbocycles. The maximum atomic E-state index is 12.4. The van der Waals surface area contributed by atoms with Crippen LogP contribution in [-0.4, -0.2) is 21.7 Å². The van der Waals surface area contributed by atoms with Crippen molar-refractivity contribution in [2.24, 2.45) is 5.73 Å². The second-order valence-corrected chi connectivity index (χ2v) is 6.39. The van der Waals surface area contributed by atoms with Crippen molar-refractivity contribution in [1.29, 1.82) is 0 Å². The molecule has 2 atom stereocenters. The standard InChI is InChI=1S/C12H15ClNO5P/c13-9-5-2-1-4-8(9)12(14)7-3-6-10(11(12)15)19-20(16,17)18/h1-2,4-5,10H,3,6-7,14H2,(H2,16,17,18)/t10-,12+/m1/s1. The number of nitrogens with two attached hydrogens (primary N) is 1. The van der Waals surface area contributed by atoms with Gasteiger partial charge in [-0.3, -0.25) is 9.32 Å². The van der Waals surface area contributed by atoms with E-state index >= 15 is 0 Å². The van der Waals surface area contributed by atoms with Gasteiger partial charge in [-0.05, 0) is 30.9 Å². The Morgan fingerprint density at radius 2 is 2.05 bits per heavy atom. The minimum Gasteiger partial charge on any atom is -0.315 e. The third-order valence-electron chi connectivity index (χ3n) is 3.39. The molecule has 110 valence electrons. The van der Waals surface area contributed by atoms with Crippen LogP contribution in [0.25, 0.3) is 0 Å². The minimum atomic E-state index is -4.74. The van der Waals surface area contributed by atoms with E-state index in [2.05, 4.69) is 4.52 Å². The second-order valence-electron chi connectivity index (χ2n) is 4.79. The van der Waals surface area contributed by atoms with Gasteiger partial charge in [-0.2, -0.15) is 0 Å². The first-order chi connectivity index (χ1) is 9.24. The van der Waals surface area contributed by atoms with E-state index in [1.54, 1.807) is 24.3 Å². The summed E-state index contributed by atoms with van der Waals surface area (Å²) in [5.41, 5.74) is 5.24. The minimum absolute atomic E-state index is 0.230. The van der Waals surface area contributed by atoms with Crippen molar-refractivity contribution in [1.82, 2.24) is 0 Å². The average Bonchev–Trinajstić information content (AvgIpc) is 2.34. The summed E-state index contributed by atoms with van der Waals surface area (Å²) in [6.45, 7) is 0. The molecule has 0 spiro atoms. The topological polar surface area (TPSA) is 110 Å². The van der Waals surface area contributed by atoms with Crippen LogP contribution in [0.4, 0.5) is 0 Å². The molecule has 0 aliphatic heterocycles. The monoisotopic (exact) mass is 319 g/mol. The van der Waals surface area contributed by atoms with Crippen LogP contribution in [0.3, 0.4) is 0 Å². The van der Waals surface area contributed by atoms with E-state index < -0.39 is 25.2 Å². The van der Waals surface area contributed by atoms with Gasteiger partial charge in [0.1, 0.15) is 11.6 Å². The van der Waals surface area contributed by atoms with Gasteiger partial charge in [0.05, 0.1) is 0 Å². The van der Waals surface area contributed by atoms with Gasteiger partial charge in [-0.1, -0.05) is 29.8 Å². The van der Waals surface area contributed by atoms with Crippen LogP contribution in [0, 0.1) is 0 Å². The van der Waals surface area contributed by atoms with E-state index in [-0.39, 0.29) is 6.42 Å². The highest BCUT2D eigenvalue weighted by Crippen LogP contribution is 2.43. The number of halogens is 1. The van der Waals surface area contributed by atoms with Crippen LogP contribution >= 0.6 is 19.4 Å². The zero-order valence-corrected chi connectivity index (χ0v) is 12.2. The summed E-state index contributed by atoms with van der Waals surface area (Å²) in [7, 11) is -4.74. The molecule has 0 amide bonds. The van der Waals surface area contributed by atoms with E-state index in [1.165, 1.54) is 0 Å². The fourth-order valence-electron chi connectivity index (χ4n) is 2.46. The second kappa shape index (κ2) is 5.56. The van der Waals surface area contributed by atoms with Gasteiger partial charge in [0.25, 0.3) is 0 Å². The molecule has 0 saturated heterocycles. The molecule has 1 aliphatic rings. The molecule has 1 saturated carbocycles. The van der Waals surface area contributed by atoms with Gasteiger partial charge in [0.15, 0.2) is 5.78 Å².